The van der Waals surface area contributed by atoms with Crippen LogP contribution in [0.5, 0.6) is 5.75 Å². The number of nitrogens with one attached hydrogen (secondary N) is 1. The lowest BCUT2D eigenvalue weighted by atomic mass is 9.86. The molecule has 100 valence electrons. The van der Waals surface area contributed by atoms with E-state index in [1.165, 1.54) is 19.6 Å². The Morgan fingerprint density at radius 3 is 2.72 bits per heavy atom. The van der Waals surface area contributed by atoms with Crippen LogP contribution in [0.4, 0.5) is 5.69 Å². The number of nitrogens with two attached hydrogens (primary N) is 1. The summed E-state index contributed by atoms with van der Waals surface area (Å²) in [6.07, 6.45) is 3.38. The Morgan fingerprint density at radius 1 is 1.44 bits per heavy atom. The fourth-order valence-corrected chi connectivity index (χ4v) is 3.22. The highest BCUT2D eigenvalue weighted by Crippen LogP contribution is 2.28. The molecule has 2 rings (SSSR count). The molecule has 18 heavy (non-hydrogen) atoms. The van der Waals surface area contributed by atoms with Crippen molar-refractivity contribution in [3.8, 4) is 5.75 Å². The Morgan fingerprint density at radius 2 is 2.17 bits per heavy atom. The van der Waals surface area contributed by atoms with Gasteiger partial charge in [0, 0.05) is 12.2 Å². The van der Waals surface area contributed by atoms with E-state index in [1.54, 1.807) is 12.1 Å². The maximum Gasteiger partial charge on any atom is 0.244 e. The van der Waals surface area contributed by atoms with Gasteiger partial charge in [0.05, 0.1) is 7.11 Å². The van der Waals surface area contributed by atoms with Gasteiger partial charge in [0.2, 0.25) is 10.0 Å². The molecule has 0 atom stereocenters. The number of methoxy groups -OCH3 is 1. The quantitative estimate of drug-likeness (QED) is 0.791. The van der Waals surface area contributed by atoms with Crippen molar-refractivity contribution in [3.05, 3.63) is 18.2 Å². The minimum atomic E-state index is -3.55. The second kappa shape index (κ2) is 5.16. The molecule has 5 nitrogen and oxygen atoms in total. The molecule has 3 N–H and O–H groups in total. The van der Waals surface area contributed by atoms with Gasteiger partial charge in [0.15, 0.2) is 0 Å². The first-order chi connectivity index (χ1) is 8.53. The van der Waals surface area contributed by atoms with Gasteiger partial charge in [-0.1, -0.05) is 6.42 Å². The van der Waals surface area contributed by atoms with Crippen LogP contribution in [0.1, 0.15) is 19.3 Å². The molecule has 0 aromatic heterocycles. The number of rotatable bonds is 5. The van der Waals surface area contributed by atoms with Crippen molar-refractivity contribution >= 4 is 15.7 Å². The lowest BCUT2D eigenvalue weighted by molar-refractivity contribution is 0.316. The van der Waals surface area contributed by atoms with Gasteiger partial charge in [-0.05, 0) is 37.0 Å². The van der Waals surface area contributed by atoms with Gasteiger partial charge in [-0.25, -0.2) is 13.1 Å². The molecule has 1 aromatic rings. The second-order valence-electron chi connectivity index (χ2n) is 4.56. The topological polar surface area (TPSA) is 81.4 Å². The highest BCUT2D eigenvalue weighted by molar-refractivity contribution is 7.89. The second-order valence-corrected chi connectivity index (χ2v) is 6.29. The van der Waals surface area contributed by atoms with E-state index in [0.717, 1.165) is 12.8 Å². The molecule has 0 spiro atoms. The lowest BCUT2D eigenvalue weighted by Crippen LogP contribution is -2.32. The minimum absolute atomic E-state index is 0.101. The van der Waals surface area contributed by atoms with Crippen molar-refractivity contribution < 1.29 is 13.2 Å². The predicted molar refractivity (Wildman–Crippen MR) is 69.9 cm³/mol. The average Bonchev–Trinajstić information content (AvgIpc) is 2.26. The summed E-state index contributed by atoms with van der Waals surface area (Å²) in [5.41, 5.74) is 6.03. The molecular formula is C12H18N2O3S. The standard InChI is InChI=1S/C12H18N2O3S/c1-17-11-6-5-10(13)7-12(11)18(15,16)14-8-9-3-2-4-9/h5-7,9,14H,2-4,8,13H2,1H3. The molecule has 0 radical (unpaired) electrons. The van der Waals surface area contributed by atoms with Gasteiger partial charge in [-0.15, -0.1) is 0 Å². The Labute approximate surface area is 107 Å². The van der Waals surface area contributed by atoms with Gasteiger partial charge in [-0.3, -0.25) is 0 Å². The van der Waals surface area contributed by atoms with E-state index in [1.807, 2.05) is 0 Å². The Hall–Kier alpha value is -1.27. The summed E-state index contributed by atoms with van der Waals surface area (Å²) < 4.78 is 32.0. The number of benzene rings is 1. The molecule has 0 amide bonds. The zero-order chi connectivity index (χ0) is 13.2. The first-order valence-electron chi connectivity index (χ1n) is 5.96. The Kier molecular flexibility index (Phi) is 3.77. The Bertz CT molecular complexity index is 524. The molecule has 0 heterocycles. The van der Waals surface area contributed by atoms with E-state index in [9.17, 15) is 8.42 Å². The summed E-state index contributed by atoms with van der Waals surface area (Å²) in [7, 11) is -2.11. The zero-order valence-corrected chi connectivity index (χ0v) is 11.2. The van der Waals surface area contributed by atoms with Gasteiger partial charge in [0.1, 0.15) is 10.6 Å². The molecule has 0 bridgehead atoms. The van der Waals surface area contributed by atoms with E-state index in [2.05, 4.69) is 4.72 Å². The molecule has 1 saturated carbocycles. The number of hydrogen-bond donors (Lipinski definition) is 2. The molecule has 1 aliphatic carbocycles. The fourth-order valence-electron chi connectivity index (χ4n) is 1.91. The average molecular weight is 270 g/mol. The monoisotopic (exact) mass is 270 g/mol. The molecule has 1 aromatic carbocycles. The number of hydrogen-bond acceptors (Lipinski definition) is 4. The normalized spacial score (nSPS) is 16.3. The van der Waals surface area contributed by atoms with Crippen molar-refractivity contribution in [2.45, 2.75) is 24.2 Å². The van der Waals surface area contributed by atoms with Gasteiger partial charge in [-0.2, -0.15) is 0 Å². The first kappa shape index (κ1) is 13.2. The summed E-state index contributed by atoms with van der Waals surface area (Å²) in [6, 6.07) is 4.60. The minimum Gasteiger partial charge on any atom is -0.495 e. The summed E-state index contributed by atoms with van der Waals surface area (Å²) >= 11 is 0. The third kappa shape index (κ3) is 2.76. The van der Waals surface area contributed by atoms with Crippen LogP contribution in [0, 0.1) is 5.92 Å². The van der Waals surface area contributed by atoms with E-state index in [4.69, 9.17) is 10.5 Å². The molecule has 1 aliphatic rings. The van der Waals surface area contributed by atoms with Gasteiger partial charge >= 0.3 is 0 Å². The first-order valence-corrected chi connectivity index (χ1v) is 7.44. The molecule has 6 heteroatoms. The third-order valence-corrected chi connectivity index (χ3v) is 4.71. The van der Waals surface area contributed by atoms with Crippen LogP contribution >= 0.6 is 0 Å². The van der Waals surface area contributed by atoms with Crippen molar-refractivity contribution in [2.24, 2.45) is 5.92 Å². The lowest BCUT2D eigenvalue weighted by Gasteiger charge is -2.25. The van der Waals surface area contributed by atoms with Crippen molar-refractivity contribution in [1.29, 1.82) is 0 Å². The highest BCUT2D eigenvalue weighted by atomic mass is 32.2. The van der Waals surface area contributed by atoms with Crippen molar-refractivity contribution in [1.82, 2.24) is 4.72 Å². The smallest absolute Gasteiger partial charge is 0.244 e. The van der Waals surface area contributed by atoms with Gasteiger partial charge in [0.25, 0.3) is 0 Å². The summed E-state index contributed by atoms with van der Waals surface area (Å²) in [5, 5.41) is 0. The van der Waals surface area contributed by atoms with Crippen LogP contribution < -0.4 is 15.2 Å². The number of ether oxygens (including phenoxy) is 1. The van der Waals surface area contributed by atoms with Crippen molar-refractivity contribution in [2.75, 3.05) is 19.4 Å². The third-order valence-electron chi connectivity index (χ3n) is 3.26. The van der Waals surface area contributed by atoms with Crippen LogP contribution in [0.15, 0.2) is 23.1 Å². The fraction of sp³-hybridized carbons (Fsp3) is 0.500. The molecule has 0 aliphatic heterocycles. The Balaban J connectivity index is 2.19. The van der Waals surface area contributed by atoms with Gasteiger partial charge < -0.3 is 10.5 Å². The van der Waals surface area contributed by atoms with E-state index >= 15 is 0 Å². The molecule has 0 saturated heterocycles. The summed E-state index contributed by atoms with van der Waals surface area (Å²) in [6.45, 7) is 0.486. The maximum atomic E-state index is 12.2. The van der Waals surface area contributed by atoms with Crippen LogP contribution in [0.2, 0.25) is 0 Å². The maximum absolute atomic E-state index is 12.2. The van der Waals surface area contributed by atoms with E-state index in [-0.39, 0.29) is 4.90 Å². The van der Waals surface area contributed by atoms with Crippen LogP contribution in [0.3, 0.4) is 0 Å². The van der Waals surface area contributed by atoms with Crippen LogP contribution in [-0.4, -0.2) is 22.1 Å². The molecular weight excluding hydrogens is 252 g/mol. The SMILES string of the molecule is COc1ccc(N)cc1S(=O)(=O)NCC1CCC1. The highest BCUT2D eigenvalue weighted by Gasteiger charge is 2.23. The number of nitrogen functional groups attached to an aromatic ring is 1. The van der Waals surface area contributed by atoms with Crippen molar-refractivity contribution in [3.63, 3.8) is 0 Å². The van der Waals surface area contributed by atoms with Crippen LogP contribution in [0.25, 0.3) is 0 Å². The largest absolute Gasteiger partial charge is 0.495 e. The number of anilines is 1. The summed E-state index contributed by atoms with van der Waals surface area (Å²) in [5.74, 6) is 0.775. The molecule has 1 fully saturated rings. The number of sulfonamides is 1. The van der Waals surface area contributed by atoms with E-state index < -0.39 is 10.0 Å². The summed E-state index contributed by atoms with van der Waals surface area (Å²) in [4.78, 5) is 0.101. The van der Waals surface area contributed by atoms with Crippen LogP contribution in [-0.2, 0) is 10.0 Å². The predicted octanol–water partition coefficient (Wildman–Crippen LogP) is 1.36. The molecule has 0 unspecified atom stereocenters. The zero-order valence-electron chi connectivity index (χ0n) is 10.3. The van der Waals surface area contributed by atoms with E-state index in [0.29, 0.717) is 23.9 Å².